The molecular weight excluding hydrogens is 342 g/mol. The highest BCUT2D eigenvalue weighted by atomic mass is 32.1. The van der Waals surface area contributed by atoms with Crippen LogP contribution in [-0.4, -0.2) is 42.7 Å². The number of aromatic nitrogens is 2. The van der Waals surface area contributed by atoms with E-state index in [0.29, 0.717) is 35.1 Å². The average molecular weight is 363 g/mol. The smallest absolute Gasteiger partial charge is 0.256 e. The van der Waals surface area contributed by atoms with Gasteiger partial charge in [-0.15, -0.1) is 0 Å². The summed E-state index contributed by atoms with van der Waals surface area (Å²) >= 11 is 5.04. The average Bonchev–Trinajstić information content (AvgIpc) is 2.61. The molecule has 1 aromatic heterocycles. The van der Waals surface area contributed by atoms with Crippen molar-refractivity contribution in [3.05, 3.63) is 44.1 Å². The second kappa shape index (κ2) is 7.28. The van der Waals surface area contributed by atoms with Crippen molar-refractivity contribution in [1.29, 1.82) is 0 Å². The Hall–Kier alpha value is -2.32. The number of hydrogen-bond acceptors (Lipinski definition) is 6. The second-order valence-electron chi connectivity index (χ2n) is 5.82. The van der Waals surface area contributed by atoms with Crippen LogP contribution >= 0.6 is 12.2 Å². The first kappa shape index (κ1) is 17.5. The van der Waals surface area contributed by atoms with E-state index in [-0.39, 0.29) is 5.56 Å². The van der Waals surface area contributed by atoms with Crippen LogP contribution in [0.5, 0.6) is 17.2 Å². The molecule has 0 bridgehead atoms. The Morgan fingerprint density at radius 2 is 1.88 bits per heavy atom. The van der Waals surface area contributed by atoms with Crippen molar-refractivity contribution in [2.45, 2.75) is 19.5 Å². The van der Waals surface area contributed by atoms with E-state index < -0.39 is 0 Å². The number of hydrogen-bond donors (Lipinski definition) is 2. The van der Waals surface area contributed by atoms with Gasteiger partial charge in [0.1, 0.15) is 0 Å². The molecule has 0 radical (unpaired) electrons. The molecule has 0 aliphatic carbocycles. The van der Waals surface area contributed by atoms with Crippen LogP contribution in [0.25, 0.3) is 0 Å². The lowest BCUT2D eigenvalue weighted by Crippen LogP contribution is -2.35. The molecule has 3 rings (SSSR count). The summed E-state index contributed by atoms with van der Waals surface area (Å²) in [6.45, 7) is 2.01. The minimum absolute atomic E-state index is 0.122. The summed E-state index contributed by atoms with van der Waals surface area (Å²) in [6.07, 6.45) is 0.749. The van der Waals surface area contributed by atoms with Gasteiger partial charge in [-0.25, -0.2) is 0 Å². The molecule has 0 atom stereocenters. The van der Waals surface area contributed by atoms with Crippen LogP contribution in [-0.2, 0) is 19.5 Å². The first-order chi connectivity index (χ1) is 12.1. The van der Waals surface area contributed by atoms with Crippen LogP contribution < -0.4 is 19.8 Å². The molecule has 0 spiro atoms. The highest BCUT2D eigenvalue weighted by Gasteiger charge is 2.22. The second-order valence-corrected chi connectivity index (χ2v) is 6.23. The summed E-state index contributed by atoms with van der Waals surface area (Å²) in [7, 11) is 4.79. The van der Waals surface area contributed by atoms with Gasteiger partial charge in [0.25, 0.3) is 5.56 Å². The zero-order chi connectivity index (χ0) is 18.0. The van der Waals surface area contributed by atoms with Crippen molar-refractivity contribution < 1.29 is 14.2 Å². The SMILES string of the molecule is COc1ccc(CN2CCc3[nH]c(=S)[nH]c(=O)c3C2)c(OC)c1OC. The van der Waals surface area contributed by atoms with Gasteiger partial charge in [-0.1, -0.05) is 6.07 Å². The Morgan fingerprint density at radius 3 is 2.56 bits per heavy atom. The normalized spacial score (nSPS) is 14.0. The first-order valence-corrected chi connectivity index (χ1v) is 8.32. The maximum Gasteiger partial charge on any atom is 0.256 e. The van der Waals surface area contributed by atoms with Gasteiger partial charge < -0.3 is 19.2 Å². The number of H-pyrrole nitrogens is 2. The molecule has 0 unspecified atom stereocenters. The minimum Gasteiger partial charge on any atom is -0.493 e. The topological polar surface area (TPSA) is 79.6 Å². The largest absolute Gasteiger partial charge is 0.493 e. The third-order valence-electron chi connectivity index (χ3n) is 4.37. The lowest BCUT2D eigenvalue weighted by molar-refractivity contribution is 0.236. The molecule has 1 aliphatic rings. The highest BCUT2D eigenvalue weighted by molar-refractivity contribution is 7.71. The summed E-state index contributed by atoms with van der Waals surface area (Å²) in [6, 6.07) is 3.82. The lowest BCUT2D eigenvalue weighted by atomic mass is 10.1. The third-order valence-corrected chi connectivity index (χ3v) is 4.57. The van der Waals surface area contributed by atoms with Crippen LogP contribution in [0.1, 0.15) is 16.8 Å². The fraction of sp³-hybridized carbons (Fsp3) is 0.412. The number of fused-ring (bicyclic) bond motifs is 1. The molecule has 0 saturated heterocycles. The zero-order valence-electron chi connectivity index (χ0n) is 14.5. The summed E-state index contributed by atoms with van der Waals surface area (Å²) in [5.74, 6) is 1.84. The number of rotatable bonds is 5. The van der Waals surface area contributed by atoms with E-state index in [9.17, 15) is 4.79 Å². The van der Waals surface area contributed by atoms with E-state index in [0.717, 1.165) is 29.8 Å². The van der Waals surface area contributed by atoms with E-state index in [4.69, 9.17) is 26.4 Å². The van der Waals surface area contributed by atoms with Crippen molar-refractivity contribution in [1.82, 2.24) is 14.9 Å². The van der Waals surface area contributed by atoms with Gasteiger partial charge in [-0.05, 0) is 18.3 Å². The maximum atomic E-state index is 12.2. The monoisotopic (exact) mass is 363 g/mol. The number of nitrogens with zero attached hydrogens (tertiary/aromatic N) is 1. The van der Waals surface area contributed by atoms with Gasteiger partial charge in [-0.2, -0.15) is 0 Å². The van der Waals surface area contributed by atoms with Crippen LogP contribution in [0.4, 0.5) is 0 Å². The van der Waals surface area contributed by atoms with Gasteiger partial charge in [0.05, 0.1) is 26.9 Å². The van der Waals surface area contributed by atoms with Crippen LogP contribution in [0.3, 0.4) is 0 Å². The van der Waals surface area contributed by atoms with Crippen molar-refractivity contribution in [2.75, 3.05) is 27.9 Å². The van der Waals surface area contributed by atoms with E-state index in [2.05, 4.69) is 14.9 Å². The predicted molar refractivity (Wildman–Crippen MR) is 96.2 cm³/mol. The van der Waals surface area contributed by atoms with E-state index in [1.165, 1.54) is 0 Å². The Morgan fingerprint density at radius 1 is 1.12 bits per heavy atom. The van der Waals surface area contributed by atoms with Crippen LogP contribution in [0.2, 0.25) is 0 Å². The fourth-order valence-corrected chi connectivity index (χ4v) is 3.39. The summed E-state index contributed by atoms with van der Waals surface area (Å²) < 4.78 is 16.7. The Kier molecular flexibility index (Phi) is 5.10. The van der Waals surface area contributed by atoms with E-state index in [1.807, 2.05) is 12.1 Å². The van der Waals surface area contributed by atoms with Gasteiger partial charge in [0.2, 0.25) is 5.75 Å². The standard InChI is InChI=1S/C17H21N3O4S/c1-22-13-5-4-10(14(23-2)15(13)24-3)8-20-7-6-12-11(9-20)16(21)19-17(25)18-12/h4-5H,6-9H2,1-3H3,(H2,18,19,21,25). The van der Waals surface area contributed by atoms with Crippen molar-refractivity contribution >= 4 is 12.2 Å². The molecule has 2 N–H and O–H groups in total. The van der Waals surface area contributed by atoms with Gasteiger partial charge in [-0.3, -0.25) is 14.7 Å². The van der Waals surface area contributed by atoms with Crippen molar-refractivity contribution in [3.63, 3.8) is 0 Å². The number of benzene rings is 1. The lowest BCUT2D eigenvalue weighted by Gasteiger charge is -2.28. The first-order valence-electron chi connectivity index (χ1n) is 7.92. The van der Waals surface area contributed by atoms with Gasteiger partial charge in [0.15, 0.2) is 16.3 Å². The zero-order valence-corrected chi connectivity index (χ0v) is 15.3. The van der Waals surface area contributed by atoms with Crippen molar-refractivity contribution in [3.8, 4) is 17.2 Å². The quantitative estimate of drug-likeness (QED) is 0.791. The molecule has 7 nitrogen and oxygen atoms in total. The Labute approximate surface area is 150 Å². The van der Waals surface area contributed by atoms with E-state index >= 15 is 0 Å². The summed E-state index contributed by atoms with van der Waals surface area (Å²) in [5, 5.41) is 0. The third kappa shape index (κ3) is 3.40. The molecular formula is C17H21N3O4S. The fourth-order valence-electron chi connectivity index (χ4n) is 3.18. The molecule has 0 saturated carbocycles. The summed E-state index contributed by atoms with van der Waals surface area (Å²) in [4.78, 5) is 20.1. The molecule has 25 heavy (non-hydrogen) atoms. The molecule has 1 aromatic carbocycles. The summed E-state index contributed by atoms with van der Waals surface area (Å²) in [5.41, 5.74) is 2.51. The maximum absolute atomic E-state index is 12.2. The Balaban J connectivity index is 1.89. The van der Waals surface area contributed by atoms with Gasteiger partial charge in [0, 0.05) is 37.3 Å². The Bertz CT molecular complexity index is 890. The molecule has 1 aliphatic heterocycles. The number of methoxy groups -OCH3 is 3. The highest BCUT2D eigenvalue weighted by Crippen LogP contribution is 2.40. The molecule has 2 heterocycles. The molecule has 0 fully saturated rings. The number of nitrogens with one attached hydrogen (secondary N) is 2. The molecule has 2 aromatic rings. The predicted octanol–water partition coefficient (Wildman–Crippen LogP) is 2.02. The minimum atomic E-state index is -0.122. The number of aromatic amines is 2. The van der Waals surface area contributed by atoms with Crippen molar-refractivity contribution in [2.24, 2.45) is 0 Å². The van der Waals surface area contributed by atoms with Crippen LogP contribution in [0.15, 0.2) is 16.9 Å². The molecule has 134 valence electrons. The van der Waals surface area contributed by atoms with E-state index in [1.54, 1.807) is 21.3 Å². The molecule has 0 amide bonds. The van der Waals surface area contributed by atoms with Gasteiger partial charge >= 0.3 is 0 Å². The van der Waals surface area contributed by atoms with Crippen LogP contribution in [0, 0.1) is 4.77 Å². The number of ether oxygens (including phenoxy) is 3. The molecule has 8 heteroatoms.